The monoisotopic (exact) mass is 287 g/mol. The van der Waals surface area contributed by atoms with Gasteiger partial charge in [0.2, 0.25) is 0 Å². The number of carbonyl (C=O) groups is 1. The first-order valence-corrected chi connectivity index (χ1v) is 7.73. The van der Waals surface area contributed by atoms with Crippen molar-refractivity contribution in [3.05, 3.63) is 46.7 Å². The first kappa shape index (κ1) is 13.3. The van der Waals surface area contributed by atoms with Gasteiger partial charge in [0.05, 0.1) is 11.0 Å². The number of aliphatic hydroxyl groups excluding tert-OH is 1. The summed E-state index contributed by atoms with van der Waals surface area (Å²) in [5, 5.41) is 14.6. The quantitative estimate of drug-likeness (QED) is 0.888. The molecule has 1 unspecified atom stereocenters. The van der Waals surface area contributed by atoms with E-state index >= 15 is 0 Å². The van der Waals surface area contributed by atoms with Crippen LogP contribution in [0.4, 0.5) is 0 Å². The lowest BCUT2D eigenvalue weighted by Gasteiger charge is -2.11. The second-order valence-electron chi connectivity index (χ2n) is 5.14. The predicted octanol–water partition coefficient (Wildman–Crippen LogP) is 2.92. The molecule has 4 heteroatoms. The molecule has 0 spiro atoms. The molecule has 20 heavy (non-hydrogen) atoms. The van der Waals surface area contributed by atoms with E-state index in [1.54, 1.807) is 0 Å². The van der Waals surface area contributed by atoms with Gasteiger partial charge in [-0.15, -0.1) is 11.3 Å². The van der Waals surface area contributed by atoms with Gasteiger partial charge < -0.3 is 10.4 Å². The zero-order valence-corrected chi connectivity index (χ0v) is 11.9. The van der Waals surface area contributed by atoms with Crippen LogP contribution in [-0.2, 0) is 0 Å². The number of thiophene rings is 1. The van der Waals surface area contributed by atoms with E-state index in [4.69, 9.17) is 0 Å². The van der Waals surface area contributed by atoms with E-state index in [1.165, 1.54) is 11.3 Å². The normalized spacial score (nSPS) is 15.8. The van der Waals surface area contributed by atoms with E-state index < -0.39 is 6.10 Å². The summed E-state index contributed by atoms with van der Waals surface area (Å²) in [7, 11) is 0. The minimum absolute atomic E-state index is 0.0986. The number of hydrogen-bond donors (Lipinski definition) is 2. The molecule has 0 bridgehead atoms. The zero-order chi connectivity index (χ0) is 13.9. The number of aliphatic hydroxyl groups is 1. The van der Waals surface area contributed by atoms with Crippen molar-refractivity contribution in [2.75, 3.05) is 6.54 Å². The first-order chi connectivity index (χ1) is 9.75. The van der Waals surface area contributed by atoms with E-state index in [0.29, 0.717) is 17.3 Å². The molecule has 1 aromatic heterocycles. The van der Waals surface area contributed by atoms with Crippen molar-refractivity contribution in [1.82, 2.24) is 5.32 Å². The van der Waals surface area contributed by atoms with Crippen LogP contribution < -0.4 is 5.32 Å². The van der Waals surface area contributed by atoms with E-state index in [0.717, 1.165) is 24.0 Å². The number of rotatable bonds is 5. The topological polar surface area (TPSA) is 49.3 Å². The molecule has 3 nitrogen and oxygen atoms in total. The SMILES string of the molecule is O=C(NCC(O)C1CC1)c1sccc1-c1ccccc1. The van der Waals surface area contributed by atoms with E-state index in [-0.39, 0.29) is 5.91 Å². The van der Waals surface area contributed by atoms with Crippen LogP contribution in [-0.4, -0.2) is 23.7 Å². The molecule has 2 N–H and O–H groups in total. The van der Waals surface area contributed by atoms with Crippen LogP contribution in [0.15, 0.2) is 41.8 Å². The van der Waals surface area contributed by atoms with Gasteiger partial charge >= 0.3 is 0 Å². The van der Waals surface area contributed by atoms with Crippen molar-refractivity contribution in [1.29, 1.82) is 0 Å². The number of carbonyl (C=O) groups excluding carboxylic acids is 1. The van der Waals surface area contributed by atoms with Crippen LogP contribution in [0.3, 0.4) is 0 Å². The fraction of sp³-hybridized carbons (Fsp3) is 0.312. The van der Waals surface area contributed by atoms with Gasteiger partial charge in [0, 0.05) is 12.1 Å². The van der Waals surface area contributed by atoms with Crippen molar-refractivity contribution in [3.8, 4) is 11.1 Å². The van der Waals surface area contributed by atoms with E-state index in [1.807, 2.05) is 41.8 Å². The smallest absolute Gasteiger partial charge is 0.262 e. The molecule has 0 saturated heterocycles. The van der Waals surface area contributed by atoms with Crippen molar-refractivity contribution in [2.45, 2.75) is 18.9 Å². The average Bonchev–Trinajstić information content (AvgIpc) is 3.22. The molecule has 1 aliphatic rings. The molecule has 1 aliphatic carbocycles. The molecule has 1 amide bonds. The molecule has 0 radical (unpaired) electrons. The molecule has 1 atom stereocenters. The number of nitrogens with one attached hydrogen (secondary N) is 1. The fourth-order valence-corrected chi connectivity index (χ4v) is 3.09. The van der Waals surface area contributed by atoms with Gasteiger partial charge in [0.1, 0.15) is 0 Å². The highest BCUT2D eigenvalue weighted by atomic mass is 32.1. The standard InChI is InChI=1S/C16H17NO2S/c18-14(12-6-7-12)10-17-16(19)15-13(8-9-20-15)11-4-2-1-3-5-11/h1-5,8-9,12,14,18H,6-7,10H2,(H,17,19). The predicted molar refractivity (Wildman–Crippen MR) is 80.8 cm³/mol. The van der Waals surface area contributed by atoms with Gasteiger partial charge in [0.15, 0.2) is 0 Å². The van der Waals surface area contributed by atoms with Crippen LogP contribution >= 0.6 is 11.3 Å². The van der Waals surface area contributed by atoms with Crippen LogP contribution in [0.25, 0.3) is 11.1 Å². The Labute approximate surface area is 122 Å². The van der Waals surface area contributed by atoms with E-state index in [2.05, 4.69) is 5.32 Å². The Balaban J connectivity index is 1.70. The van der Waals surface area contributed by atoms with Gasteiger partial charge in [-0.05, 0) is 35.8 Å². The Morgan fingerprint density at radius 3 is 2.75 bits per heavy atom. The average molecular weight is 287 g/mol. The first-order valence-electron chi connectivity index (χ1n) is 6.85. The molecular formula is C16H17NO2S. The number of amides is 1. The Kier molecular flexibility index (Phi) is 3.85. The van der Waals surface area contributed by atoms with Gasteiger partial charge in [-0.3, -0.25) is 4.79 Å². The van der Waals surface area contributed by atoms with Crippen molar-refractivity contribution in [3.63, 3.8) is 0 Å². The summed E-state index contributed by atoms with van der Waals surface area (Å²) >= 11 is 1.43. The molecule has 1 saturated carbocycles. The molecule has 1 fully saturated rings. The zero-order valence-electron chi connectivity index (χ0n) is 11.1. The summed E-state index contributed by atoms with van der Waals surface area (Å²) in [5.74, 6) is 0.283. The Hall–Kier alpha value is -1.65. The highest BCUT2D eigenvalue weighted by Gasteiger charge is 2.30. The summed E-state index contributed by atoms with van der Waals surface area (Å²) in [6, 6.07) is 11.8. The summed E-state index contributed by atoms with van der Waals surface area (Å²) in [4.78, 5) is 12.9. The van der Waals surface area contributed by atoms with Gasteiger partial charge in [-0.2, -0.15) is 0 Å². The molecule has 1 aromatic carbocycles. The largest absolute Gasteiger partial charge is 0.391 e. The highest BCUT2D eigenvalue weighted by molar-refractivity contribution is 7.12. The Morgan fingerprint density at radius 1 is 1.30 bits per heavy atom. The molecule has 104 valence electrons. The summed E-state index contributed by atoms with van der Waals surface area (Å²) in [6.07, 6.45) is 1.75. The lowest BCUT2D eigenvalue weighted by atomic mass is 10.1. The summed E-state index contributed by atoms with van der Waals surface area (Å²) in [6.45, 7) is 0.343. The third-order valence-electron chi connectivity index (χ3n) is 3.59. The minimum Gasteiger partial charge on any atom is -0.391 e. The maximum atomic E-state index is 12.2. The molecular weight excluding hydrogens is 270 g/mol. The highest BCUT2D eigenvalue weighted by Crippen LogP contribution is 2.32. The summed E-state index contributed by atoms with van der Waals surface area (Å²) in [5.41, 5.74) is 2.00. The van der Waals surface area contributed by atoms with E-state index in [9.17, 15) is 9.90 Å². The van der Waals surface area contributed by atoms with Crippen molar-refractivity contribution in [2.24, 2.45) is 5.92 Å². The third-order valence-corrected chi connectivity index (χ3v) is 4.51. The van der Waals surface area contributed by atoms with Crippen LogP contribution in [0.2, 0.25) is 0 Å². The third kappa shape index (κ3) is 2.92. The molecule has 2 aromatic rings. The van der Waals surface area contributed by atoms with Crippen LogP contribution in [0.1, 0.15) is 22.5 Å². The second kappa shape index (κ2) is 5.77. The summed E-state index contributed by atoms with van der Waals surface area (Å²) < 4.78 is 0. The van der Waals surface area contributed by atoms with Crippen molar-refractivity contribution < 1.29 is 9.90 Å². The number of benzene rings is 1. The molecule has 1 heterocycles. The van der Waals surface area contributed by atoms with Gasteiger partial charge in [-0.25, -0.2) is 0 Å². The van der Waals surface area contributed by atoms with Gasteiger partial charge in [0.25, 0.3) is 5.91 Å². The fourth-order valence-electron chi connectivity index (χ4n) is 2.26. The second-order valence-corrected chi connectivity index (χ2v) is 6.06. The van der Waals surface area contributed by atoms with Gasteiger partial charge in [-0.1, -0.05) is 30.3 Å². The van der Waals surface area contributed by atoms with Crippen LogP contribution in [0.5, 0.6) is 0 Å². The molecule has 0 aliphatic heterocycles. The number of hydrogen-bond acceptors (Lipinski definition) is 3. The Morgan fingerprint density at radius 2 is 2.05 bits per heavy atom. The maximum absolute atomic E-state index is 12.2. The molecule has 3 rings (SSSR count). The lowest BCUT2D eigenvalue weighted by molar-refractivity contribution is 0.0905. The Bertz CT molecular complexity index is 590. The van der Waals surface area contributed by atoms with Crippen molar-refractivity contribution >= 4 is 17.2 Å². The minimum atomic E-state index is -0.404. The lowest BCUT2D eigenvalue weighted by Crippen LogP contribution is -2.32. The maximum Gasteiger partial charge on any atom is 0.262 e. The van der Waals surface area contributed by atoms with Crippen LogP contribution in [0, 0.1) is 5.92 Å².